The summed E-state index contributed by atoms with van der Waals surface area (Å²) in [4.78, 5) is 14.5. The van der Waals surface area contributed by atoms with E-state index >= 15 is 0 Å². The number of ketones is 1. The number of aryl methyl sites for hydroxylation is 3. The maximum Gasteiger partial charge on any atom is 0.177 e. The monoisotopic (exact) mass is 246 g/mol. The summed E-state index contributed by atoms with van der Waals surface area (Å²) in [5.74, 6) is 0.221. The summed E-state index contributed by atoms with van der Waals surface area (Å²) in [5, 5.41) is 0. The fraction of sp³-hybridized carbons (Fsp3) is 0.533. The predicted octanol–water partition coefficient (Wildman–Crippen LogP) is 1.83. The first-order valence-corrected chi connectivity index (χ1v) is 6.56. The summed E-state index contributed by atoms with van der Waals surface area (Å²) in [5.41, 5.74) is 10.1. The molecule has 0 saturated carbocycles. The van der Waals surface area contributed by atoms with Gasteiger partial charge in [0.05, 0.1) is 6.54 Å². The van der Waals surface area contributed by atoms with E-state index in [1.807, 2.05) is 13.8 Å². The Kier molecular flexibility index (Phi) is 3.83. The van der Waals surface area contributed by atoms with Crippen LogP contribution in [-0.2, 0) is 0 Å². The molecule has 1 aromatic carbocycles. The first kappa shape index (κ1) is 13.2. The number of carbonyl (C=O) groups excluding carboxylic acids is 1. The van der Waals surface area contributed by atoms with E-state index in [0.717, 1.165) is 36.2 Å². The summed E-state index contributed by atoms with van der Waals surface area (Å²) in [6.07, 6.45) is 0.999. The highest BCUT2D eigenvalue weighted by Crippen LogP contribution is 2.18. The van der Waals surface area contributed by atoms with Crippen molar-refractivity contribution in [1.29, 1.82) is 0 Å². The van der Waals surface area contributed by atoms with Crippen LogP contribution in [-0.4, -0.2) is 36.4 Å². The Morgan fingerprint density at radius 3 is 2.44 bits per heavy atom. The van der Waals surface area contributed by atoms with E-state index in [-0.39, 0.29) is 11.8 Å². The highest BCUT2D eigenvalue weighted by molar-refractivity contribution is 6.00. The standard InChI is InChI=1S/C15H22N2O/c1-10-6-11(2)15(12(3)7-10)14(18)9-17-5-4-13(16)8-17/h6-7,13H,4-5,8-9,16H2,1-3H3. The Balaban J connectivity index is 2.14. The van der Waals surface area contributed by atoms with Crippen LogP contribution in [0.25, 0.3) is 0 Å². The minimum atomic E-state index is 0.221. The van der Waals surface area contributed by atoms with Crippen molar-refractivity contribution in [3.63, 3.8) is 0 Å². The fourth-order valence-electron chi connectivity index (χ4n) is 2.91. The molecule has 0 aromatic heterocycles. The molecular weight excluding hydrogens is 224 g/mol. The third-order valence-electron chi connectivity index (χ3n) is 3.63. The number of Topliss-reactive ketones (excluding diaryl/α,β-unsaturated/α-hetero) is 1. The molecule has 0 radical (unpaired) electrons. The van der Waals surface area contributed by atoms with Gasteiger partial charge in [-0.3, -0.25) is 9.69 Å². The molecule has 1 aliphatic rings. The lowest BCUT2D eigenvalue weighted by Gasteiger charge is -2.16. The number of rotatable bonds is 3. The lowest BCUT2D eigenvalue weighted by molar-refractivity contribution is 0.0943. The molecule has 1 atom stereocenters. The van der Waals surface area contributed by atoms with Gasteiger partial charge >= 0.3 is 0 Å². The van der Waals surface area contributed by atoms with Gasteiger partial charge in [-0.05, 0) is 38.3 Å². The molecule has 1 aromatic rings. The number of nitrogens with zero attached hydrogens (tertiary/aromatic N) is 1. The van der Waals surface area contributed by atoms with Gasteiger partial charge in [0.1, 0.15) is 0 Å². The molecule has 0 bridgehead atoms. The summed E-state index contributed by atoms with van der Waals surface area (Å²) < 4.78 is 0. The van der Waals surface area contributed by atoms with Crippen molar-refractivity contribution in [3.8, 4) is 0 Å². The quantitative estimate of drug-likeness (QED) is 0.828. The van der Waals surface area contributed by atoms with Gasteiger partial charge in [0.15, 0.2) is 5.78 Å². The molecule has 3 heteroatoms. The van der Waals surface area contributed by atoms with Gasteiger partial charge in [-0.15, -0.1) is 0 Å². The molecule has 1 aliphatic heterocycles. The van der Waals surface area contributed by atoms with Crippen molar-refractivity contribution in [2.24, 2.45) is 5.73 Å². The van der Waals surface area contributed by atoms with Crippen molar-refractivity contribution in [3.05, 3.63) is 34.4 Å². The lowest BCUT2D eigenvalue weighted by Crippen LogP contribution is -2.31. The zero-order valence-electron chi connectivity index (χ0n) is 11.5. The molecule has 0 aliphatic carbocycles. The van der Waals surface area contributed by atoms with E-state index in [4.69, 9.17) is 5.73 Å². The van der Waals surface area contributed by atoms with Crippen LogP contribution in [0.4, 0.5) is 0 Å². The molecule has 0 amide bonds. The predicted molar refractivity (Wildman–Crippen MR) is 74.0 cm³/mol. The van der Waals surface area contributed by atoms with Crippen LogP contribution in [0, 0.1) is 20.8 Å². The molecule has 1 heterocycles. The molecule has 2 rings (SSSR count). The molecule has 0 spiro atoms. The van der Waals surface area contributed by atoms with Crippen LogP contribution in [0.3, 0.4) is 0 Å². The average molecular weight is 246 g/mol. The Labute approximate surface area is 109 Å². The van der Waals surface area contributed by atoms with E-state index in [1.54, 1.807) is 0 Å². The van der Waals surface area contributed by atoms with Crippen LogP contribution < -0.4 is 5.73 Å². The van der Waals surface area contributed by atoms with Gasteiger partial charge in [0.25, 0.3) is 0 Å². The summed E-state index contributed by atoms with van der Waals surface area (Å²) in [6, 6.07) is 4.39. The number of nitrogens with two attached hydrogens (primary N) is 1. The van der Waals surface area contributed by atoms with Gasteiger partial charge in [0.2, 0.25) is 0 Å². The SMILES string of the molecule is Cc1cc(C)c(C(=O)CN2CCC(N)C2)c(C)c1. The van der Waals surface area contributed by atoms with Crippen LogP contribution in [0.5, 0.6) is 0 Å². The molecule has 3 nitrogen and oxygen atoms in total. The minimum absolute atomic E-state index is 0.221. The Hall–Kier alpha value is -1.19. The van der Waals surface area contributed by atoms with Crippen molar-refractivity contribution in [1.82, 2.24) is 4.90 Å². The first-order valence-electron chi connectivity index (χ1n) is 6.56. The average Bonchev–Trinajstić information content (AvgIpc) is 2.62. The second-order valence-electron chi connectivity index (χ2n) is 5.48. The molecule has 1 unspecified atom stereocenters. The molecule has 98 valence electrons. The van der Waals surface area contributed by atoms with Gasteiger partial charge in [-0.2, -0.15) is 0 Å². The van der Waals surface area contributed by atoms with Gasteiger partial charge in [0, 0.05) is 24.7 Å². The van der Waals surface area contributed by atoms with E-state index in [0.29, 0.717) is 6.54 Å². The highest BCUT2D eigenvalue weighted by Gasteiger charge is 2.22. The molecule has 1 saturated heterocycles. The van der Waals surface area contributed by atoms with Crippen LogP contribution in [0.1, 0.15) is 33.5 Å². The molecule has 18 heavy (non-hydrogen) atoms. The fourth-order valence-corrected chi connectivity index (χ4v) is 2.91. The zero-order chi connectivity index (χ0) is 13.3. The first-order chi connectivity index (χ1) is 8.47. The number of hydrogen-bond donors (Lipinski definition) is 1. The molecule has 1 fully saturated rings. The van der Waals surface area contributed by atoms with E-state index in [1.165, 1.54) is 5.56 Å². The second-order valence-corrected chi connectivity index (χ2v) is 5.48. The highest BCUT2D eigenvalue weighted by atomic mass is 16.1. The summed E-state index contributed by atoms with van der Waals surface area (Å²) >= 11 is 0. The molecular formula is C15H22N2O. The van der Waals surface area contributed by atoms with E-state index in [2.05, 4.69) is 24.0 Å². The summed E-state index contributed by atoms with van der Waals surface area (Å²) in [7, 11) is 0. The molecule has 2 N–H and O–H groups in total. The second kappa shape index (κ2) is 5.21. The third-order valence-corrected chi connectivity index (χ3v) is 3.63. The van der Waals surface area contributed by atoms with Crippen LogP contribution in [0.2, 0.25) is 0 Å². The van der Waals surface area contributed by atoms with Crippen LogP contribution >= 0.6 is 0 Å². The van der Waals surface area contributed by atoms with E-state index < -0.39 is 0 Å². The van der Waals surface area contributed by atoms with Crippen molar-refractivity contribution in [2.45, 2.75) is 33.2 Å². The smallest absolute Gasteiger partial charge is 0.177 e. The Bertz CT molecular complexity index is 445. The number of benzene rings is 1. The summed E-state index contributed by atoms with van der Waals surface area (Å²) in [6.45, 7) is 8.38. The van der Waals surface area contributed by atoms with E-state index in [9.17, 15) is 4.79 Å². The number of likely N-dealkylation sites (tertiary alicyclic amines) is 1. The van der Waals surface area contributed by atoms with Crippen LogP contribution in [0.15, 0.2) is 12.1 Å². The van der Waals surface area contributed by atoms with Crippen molar-refractivity contribution in [2.75, 3.05) is 19.6 Å². The largest absolute Gasteiger partial charge is 0.326 e. The van der Waals surface area contributed by atoms with Gasteiger partial charge < -0.3 is 5.73 Å². The Morgan fingerprint density at radius 1 is 1.33 bits per heavy atom. The number of carbonyl (C=O) groups is 1. The Morgan fingerprint density at radius 2 is 1.94 bits per heavy atom. The van der Waals surface area contributed by atoms with Crippen molar-refractivity contribution < 1.29 is 4.79 Å². The minimum Gasteiger partial charge on any atom is -0.326 e. The normalized spacial score (nSPS) is 20.3. The maximum absolute atomic E-state index is 12.4. The third kappa shape index (κ3) is 2.79. The lowest BCUT2D eigenvalue weighted by atomic mass is 9.96. The van der Waals surface area contributed by atoms with Crippen molar-refractivity contribution >= 4 is 5.78 Å². The topological polar surface area (TPSA) is 46.3 Å². The zero-order valence-corrected chi connectivity index (χ0v) is 11.5. The van der Waals surface area contributed by atoms with Gasteiger partial charge in [-0.1, -0.05) is 17.7 Å². The maximum atomic E-state index is 12.4. The number of hydrogen-bond acceptors (Lipinski definition) is 3. The van der Waals surface area contributed by atoms with Gasteiger partial charge in [-0.25, -0.2) is 0 Å².